The Morgan fingerprint density at radius 2 is 1.74 bits per heavy atom. The maximum atomic E-state index is 12.8. The van der Waals surface area contributed by atoms with Crippen molar-refractivity contribution in [1.29, 1.82) is 0 Å². The Kier molecular flexibility index (Phi) is 6.66. The van der Waals surface area contributed by atoms with Gasteiger partial charge in [-0.05, 0) is 126 Å². The zero-order chi connectivity index (χ0) is 27.5. The molecule has 1 aromatic heterocycles. The normalized spacial score (nSPS) is 25.4. The van der Waals surface area contributed by atoms with Gasteiger partial charge in [0.25, 0.3) is 5.56 Å². The number of H-pyrrole nitrogens is 1. The van der Waals surface area contributed by atoms with Crippen molar-refractivity contribution in [2.24, 2.45) is 22.7 Å². The minimum Gasteiger partial charge on any atom is -0.493 e. The number of hydrogen-bond donors (Lipinski definition) is 3. The molecule has 4 bridgehead atoms. The van der Waals surface area contributed by atoms with Gasteiger partial charge in [0.15, 0.2) is 0 Å². The predicted molar refractivity (Wildman–Crippen MR) is 157 cm³/mol. The molecule has 2 amide bonds. The van der Waals surface area contributed by atoms with Crippen molar-refractivity contribution in [1.82, 2.24) is 9.55 Å². The molecule has 10 heteroatoms. The standard InChI is InChI=1S/C29H28Br2N4O4/c1-15-6-20(30)3-4-23(15)33-27(38)32-14-21-25(36)34-28(39)35(26(21)37)24-5-2-19(10-22(24)31)29-11-16-7-17(12-29)9-18(8-16)13-29/h2-6,10,14,16-18,37H,7-9,11-13H2,1H3,(H,33,38)(H,34,36,39). The fourth-order valence-corrected chi connectivity index (χ4v) is 8.43. The van der Waals surface area contributed by atoms with Crippen LogP contribution in [0.25, 0.3) is 5.69 Å². The van der Waals surface area contributed by atoms with Gasteiger partial charge >= 0.3 is 11.7 Å². The summed E-state index contributed by atoms with van der Waals surface area (Å²) in [6.07, 6.45) is 8.63. The number of aliphatic imine (C=N–C) groups is 1. The first-order valence-electron chi connectivity index (χ1n) is 13.1. The zero-order valence-corrected chi connectivity index (χ0v) is 24.5. The third kappa shape index (κ3) is 4.82. The lowest BCUT2D eigenvalue weighted by molar-refractivity contribution is -0.00521. The van der Waals surface area contributed by atoms with Crippen molar-refractivity contribution in [3.8, 4) is 11.6 Å². The van der Waals surface area contributed by atoms with Gasteiger partial charge in [-0.15, -0.1) is 0 Å². The Bertz CT molecular complexity index is 1610. The molecule has 0 radical (unpaired) electrons. The average Bonchev–Trinajstić information content (AvgIpc) is 2.85. The number of halogens is 2. The number of nitrogens with one attached hydrogen (secondary N) is 2. The predicted octanol–water partition coefficient (Wildman–Crippen LogP) is 6.18. The summed E-state index contributed by atoms with van der Waals surface area (Å²) in [6.45, 7) is 1.84. The Morgan fingerprint density at radius 3 is 2.36 bits per heavy atom. The fraction of sp³-hybridized carbons (Fsp3) is 0.379. The Labute approximate surface area is 241 Å². The van der Waals surface area contributed by atoms with Crippen LogP contribution in [0.1, 0.15) is 55.2 Å². The number of carbonyl (C=O) groups is 1. The van der Waals surface area contributed by atoms with Crippen LogP contribution in [0.2, 0.25) is 0 Å². The van der Waals surface area contributed by atoms with E-state index in [1.54, 1.807) is 18.2 Å². The lowest BCUT2D eigenvalue weighted by Crippen LogP contribution is -2.48. The summed E-state index contributed by atoms with van der Waals surface area (Å²) in [6, 6.07) is 10.5. The van der Waals surface area contributed by atoms with E-state index in [9.17, 15) is 19.5 Å². The number of anilines is 1. The zero-order valence-electron chi connectivity index (χ0n) is 21.3. The molecule has 0 atom stereocenters. The first-order chi connectivity index (χ1) is 18.6. The minimum absolute atomic E-state index is 0.173. The smallest absolute Gasteiger partial charge is 0.345 e. The van der Waals surface area contributed by atoms with Crippen LogP contribution < -0.4 is 16.6 Å². The Morgan fingerprint density at radius 1 is 1.08 bits per heavy atom. The highest BCUT2D eigenvalue weighted by molar-refractivity contribution is 9.10. The summed E-state index contributed by atoms with van der Waals surface area (Å²) in [5, 5.41) is 13.6. The quantitative estimate of drug-likeness (QED) is 0.291. The van der Waals surface area contributed by atoms with E-state index in [-0.39, 0.29) is 11.0 Å². The number of aromatic amines is 1. The molecular formula is C29H28Br2N4O4. The molecule has 4 aliphatic rings. The van der Waals surface area contributed by atoms with E-state index >= 15 is 0 Å². The Hall–Kier alpha value is -2.98. The molecule has 4 saturated carbocycles. The molecule has 0 spiro atoms. The second-order valence-corrected chi connectivity index (χ2v) is 13.1. The number of benzene rings is 2. The molecule has 3 N–H and O–H groups in total. The maximum Gasteiger partial charge on any atom is 0.345 e. The van der Waals surface area contributed by atoms with E-state index < -0.39 is 23.2 Å². The number of nitrogens with zero attached hydrogens (tertiary/aromatic N) is 2. The summed E-state index contributed by atoms with van der Waals surface area (Å²) in [5.74, 6) is 1.80. The van der Waals surface area contributed by atoms with Crippen LogP contribution in [-0.2, 0) is 5.41 Å². The summed E-state index contributed by atoms with van der Waals surface area (Å²) in [5.41, 5.74) is 1.29. The van der Waals surface area contributed by atoms with Crippen molar-refractivity contribution in [2.75, 3.05) is 5.32 Å². The SMILES string of the molecule is Cc1cc(Br)ccc1NC(=O)N=Cc1c(O)n(-c2ccc(C34CC5CC(CC(C5)C3)C4)cc2Br)c(=O)[nH]c1=O. The van der Waals surface area contributed by atoms with E-state index in [1.165, 1.54) is 44.1 Å². The largest absolute Gasteiger partial charge is 0.493 e. The third-order valence-electron chi connectivity index (χ3n) is 8.70. The van der Waals surface area contributed by atoms with E-state index in [1.807, 2.05) is 19.1 Å². The lowest BCUT2D eigenvalue weighted by atomic mass is 9.48. The summed E-state index contributed by atoms with van der Waals surface area (Å²) in [4.78, 5) is 43.8. The van der Waals surface area contributed by atoms with Gasteiger partial charge in [-0.25, -0.2) is 19.1 Å². The molecule has 3 aromatic rings. The molecule has 4 aliphatic carbocycles. The van der Waals surface area contributed by atoms with Crippen LogP contribution in [0.5, 0.6) is 5.88 Å². The molecule has 202 valence electrons. The number of amides is 2. The highest BCUT2D eigenvalue weighted by Crippen LogP contribution is 2.61. The van der Waals surface area contributed by atoms with Crippen LogP contribution in [0.15, 0.2) is 59.9 Å². The first-order valence-corrected chi connectivity index (χ1v) is 14.7. The second-order valence-electron chi connectivity index (χ2n) is 11.3. The van der Waals surface area contributed by atoms with Gasteiger partial charge in [0, 0.05) is 14.6 Å². The van der Waals surface area contributed by atoms with Crippen LogP contribution in [0.4, 0.5) is 10.5 Å². The van der Waals surface area contributed by atoms with Gasteiger partial charge in [0.1, 0.15) is 5.56 Å². The molecule has 4 fully saturated rings. The Balaban J connectivity index is 1.30. The number of aromatic nitrogens is 2. The topological polar surface area (TPSA) is 117 Å². The number of aryl methyl sites for hydroxylation is 1. The molecule has 0 saturated heterocycles. The number of hydrogen-bond acceptors (Lipinski definition) is 4. The summed E-state index contributed by atoms with van der Waals surface area (Å²) in [7, 11) is 0. The summed E-state index contributed by atoms with van der Waals surface area (Å²) < 4.78 is 2.54. The molecule has 7 rings (SSSR count). The summed E-state index contributed by atoms with van der Waals surface area (Å²) >= 11 is 7.00. The van der Waals surface area contributed by atoms with Gasteiger partial charge in [-0.3, -0.25) is 9.78 Å². The highest BCUT2D eigenvalue weighted by atomic mass is 79.9. The van der Waals surface area contributed by atoms with Crippen LogP contribution >= 0.6 is 31.9 Å². The van der Waals surface area contributed by atoms with Crippen molar-refractivity contribution in [3.05, 3.63) is 82.9 Å². The number of carbonyl (C=O) groups excluding carboxylic acids is 1. The van der Waals surface area contributed by atoms with E-state index in [0.29, 0.717) is 15.8 Å². The number of rotatable bonds is 4. The van der Waals surface area contributed by atoms with Crippen molar-refractivity contribution >= 4 is 49.8 Å². The van der Waals surface area contributed by atoms with Gasteiger partial charge in [0.2, 0.25) is 5.88 Å². The van der Waals surface area contributed by atoms with Gasteiger partial charge in [0.05, 0.1) is 11.9 Å². The maximum absolute atomic E-state index is 12.8. The number of urea groups is 1. The molecule has 8 nitrogen and oxygen atoms in total. The van der Waals surface area contributed by atoms with Gasteiger partial charge in [-0.1, -0.05) is 22.0 Å². The fourth-order valence-electron chi connectivity index (χ4n) is 7.40. The van der Waals surface area contributed by atoms with E-state index in [2.05, 4.69) is 53.2 Å². The van der Waals surface area contributed by atoms with Crippen molar-refractivity contribution < 1.29 is 9.90 Å². The van der Waals surface area contributed by atoms with Crippen molar-refractivity contribution in [3.63, 3.8) is 0 Å². The van der Waals surface area contributed by atoms with E-state index in [0.717, 1.165) is 38.6 Å². The molecule has 2 aromatic carbocycles. The monoisotopic (exact) mass is 654 g/mol. The molecule has 39 heavy (non-hydrogen) atoms. The second kappa shape index (κ2) is 9.89. The minimum atomic E-state index is -0.841. The number of aromatic hydroxyl groups is 1. The van der Waals surface area contributed by atoms with E-state index in [4.69, 9.17) is 0 Å². The average molecular weight is 656 g/mol. The highest BCUT2D eigenvalue weighted by Gasteiger charge is 2.51. The third-order valence-corrected chi connectivity index (χ3v) is 9.83. The van der Waals surface area contributed by atoms with Crippen molar-refractivity contribution in [2.45, 2.75) is 50.9 Å². The molecule has 0 unspecified atom stereocenters. The molecular weight excluding hydrogens is 628 g/mol. The van der Waals surface area contributed by atoms with Gasteiger partial charge in [-0.2, -0.15) is 0 Å². The van der Waals surface area contributed by atoms with Crippen LogP contribution in [0, 0.1) is 24.7 Å². The molecule has 1 heterocycles. The molecule has 0 aliphatic heterocycles. The van der Waals surface area contributed by atoms with Crippen LogP contribution in [0.3, 0.4) is 0 Å². The first kappa shape index (κ1) is 26.3. The van der Waals surface area contributed by atoms with Crippen LogP contribution in [-0.4, -0.2) is 26.9 Å². The van der Waals surface area contributed by atoms with Gasteiger partial charge < -0.3 is 10.4 Å². The lowest BCUT2D eigenvalue weighted by Gasteiger charge is -2.57.